The van der Waals surface area contributed by atoms with Crippen LogP contribution in [0.15, 0.2) is 36.8 Å². The molecule has 98 valence electrons. The van der Waals surface area contributed by atoms with Gasteiger partial charge in [0.05, 0.1) is 17.4 Å². The van der Waals surface area contributed by atoms with Gasteiger partial charge in [-0.3, -0.25) is 9.78 Å². The van der Waals surface area contributed by atoms with Crippen molar-refractivity contribution in [3.8, 4) is 0 Å². The lowest BCUT2D eigenvalue weighted by Crippen LogP contribution is -2.16. The van der Waals surface area contributed by atoms with Crippen LogP contribution in [0.25, 0.3) is 0 Å². The highest BCUT2D eigenvalue weighted by molar-refractivity contribution is 6.07. The second kappa shape index (κ2) is 5.90. The molecule has 19 heavy (non-hydrogen) atoms. The van der Waals surface area contributed by atoms with Gasteiger partial charge in [0, 0.05) is 18.9 Å². The normalized spacial score (nSPS) is 10.0. The standard InChI is InChI=1S/C13H13FN4O/c1-2-16-12-9(4-3-6-17-12)13(19)18-11-5-7-15-8-10(11)14/h3-8H,2H2,1H3,(H,16,17)(H,15,18,19). The van der Waals surface area contributed by atoms with Crippen molar-refractivity contribution in [3.05, 3.63) is 48.2 Å². The Morgan fingerprint density at radius 1 is 1.37 bits per heavy atom. The van der Waals surface area contributed by atoms with E-state index in [2.05, 4.69) is 20.6 Å². The van der Waals surface area contributed by atoms with E-state index in [1.54, 1.807) is 18.3 Å². The molecular formula is C13H13FN4O. The number of anilines is 2. The van der Waals surface area contributed by atoms with Crippen molar-refractivity contribution >= 4 is 17.4 Å². The summed E-state index contributed by atoms with van der Waals surface area (Å²) in [7, 11) is 0. The van der Waals surface area contributed by atoms with Gasteiger partial charge in [0.25, 0.3) is 5.91 Å². The Morgan fingerprint density at radius 3 is 2.95 bits per heavy atom. The maximum atomic E-state index is 13.4. The van der Waals surface area contributed by atoms with E-state index in [1.807, 2.05) is 6.92 Å². The second-order valence-corrected chi connectivity index (χ2v) is 3.74. The molecule has 2 heterocycles. The van der Waals surface area contributed by atoms with Gasteiger partial charge < -0.3 is 10.6 Å². The van der Waals surface area contributed by atoms with E-state index in [0.717, 1.165) is 6.20 Å². The summed E-state index contributed by atoms with van der Waals surface area (Å²) in [4.78, 5) is 19.8. The monoisotopic (exact) mass is 260 g/mol. The number of hydrogen-bond acceptors (Lipinski definition) is 4. The minimum Gasteiger partial charge on any atom is -0.370 e. The Balaban J connectivity index is 2.23. The summed E-state index contributed by atoms with van der Waals surface area (Å²) >= 11 is 0. The summed E-state index contributed by atoms with van der Waals surface area (Å²) in [5, 5.41) is 5.47. The average molecular weight is 260 g/mol. The first-order valence-corrected chi connectivity index (χ1v) is 5.82. The minimum absolute atomic E-state index is 0.0892. The SMILES string of the molecule is CCNc1ncccc1C(=O)Nc1ccncc1F. The van der Waals surface area contributed by atoms with Crippen molar-refractivity contribution in [1.29, 1.82) is 0 Å². The largest absolute Gasteiger partial charge is 0.370 e. The Labute approximate surface area is 109 Å². The summed E-state index contributed by atoms with van der Waals surface area (Å²) < 4.78 is 13.4. The summed E-state index contributed by atoms with van der Waals surface area (Å²) in [5.74, 6) is -0.532. The van der Waals surface area contributed by atoms with Crippen molar-refractivity contribution in [3.63, 3.8) is 0 Å². The van der Waals surface area contributed by atoms with E-state index >= 15 is 0 Å². The quantitative estimate of drug-likeness (QED) is 0.885. The van der Waals surface area contributed by atoms with E-state index in [9.17, 15) is 9.18 Å². The number of rotatable bonds is 4. The second-order valence-electron chi connectivity index (χ2n) is 3.74. The third-order valence-corrected chi connectivity index (χ3v) is 2.42. The van der Waals surface area contributed by atoms with Crippen LogP contribution in [0.2, 0.25) is 0 Å². The van der Waals surface area contributed by atoms with Crippen LogP contribution in [-0.4, -0.2) is 22.4 Å². The van der Waals surface area contributed by atoms with Crippen molar-refractivity contribution in [2.75, 3.05) is 17.2 Å². The smallest absolute Gasteiger partial charge is 0.259 e. The molecule has 2 aromatic rings. The van der Waals surface area contributed by atoms with Crippen LogP contribution in [0, 0.1) is 5.82 Å². The molecule has 6 heteroatoms. The first-order chi connectivity index (χ1) is 9.22. The summed E-state index contributed by atoms with van der Waals surface area (Å²) in [6.45, 7) is 2.54. The number of carbonyl (C=O) groups excluding carboxylic acids is 1. The molecule has 0 aliphatic rings. The predicted octanol–water partition coefficient (Wildman–Crippen LogP) is 2.30. The highest BCUT2D eigenvalue weighted by Gasteiger charge is 2.13. The van der Waals surface area contributed by atoms with E-state index < -0.39 is 11.7 Å². The zero-order valence-electron chi connectivity index (χ0n) is 10.4. The maximum Gasteiger partial charge on any atom is 0.259 e. The number of hydrogen-bond donors (Lipinski definition) is 2. The number of aromatic nitrogens is 2. The van der Waals surface area contributed by atoms with Crippen LogP contribution in [0.3, 0.4) is 0 Å². The number of pyridine rings is 2. The lowest BCUT2D eigenvalue weighted by atomic mass is 10.2. The molecule has 0 unspecified atom stereocenters. The molecule has 2 N–H and O–H groups in total. The third kappa shape index (κ3) is 3.04. The van der Waals surface area contributed by atoms with Gasteiger partial charge in [-0.05, 0) is 25.1 Å². The zero-order chi connectivity index (χ0) is 13.7. The van der Waals surface area contributed by atoms with Gasteiger partial charge in [0.15, 0.2) is 5.82 Å². The zero-order valence-corrected chi connectivity index (χ0v) is 10.4. The highest BCUT2D eigenvalue weighted by atomic mass is 19.1. The third-order valence-electron chi connectivity index (χ3n) is 2.42. The van der Waals surface area contributed by atoms with E-state index in [-0.39, 0.29) is 5.69 Å². The first kappa shape index (κ1) is 12.9. The van der Waals surface area contributed by atoms with E-state index in [0.29, 0.717) is 17.9 Å². The fraction of sp³-hybridized carbons (Fsp3) is 0.154. The van der Waals surface area contributed by atoms with Gasteiger partial charge in [-0.15, -0.1) is 0 Å². The average Bonchev–Trinajstić information content (AvgIpc) is 2.42. The molecule has 0 aliphatic carbocycles. The minimum atomic E-state index is -0.579. The predicted molar refractivity (Wildman–Crippen MR) is 70.5 cm³/mol. The molecule has 0 aliphatic heterocycles. The molecule has 0 aromatic carbocycles. The van der Waals surface area contributed by atoms with Crippen LogP contribution in [-0.2, 0) is 0 Å². The fourth-order valence-corrected chi connectivity index (χ4v) is 1.56. The van der Waals surface area contributed by atoms with Crippen molar-refractivity contribution < 1.29 is 9.18 Å². The summed E-state index contributed by atoms with van der Waals surface area (Å²) in [6.07, 6.45) is 4.04. The van der Waals surface area contributed by atoms with Gasteiger partial charge in [-0.1, -0.05) is 0 Å². The Bertz CT molecular complexity index is 588. The van der Waals surface area contributed by atoms with Crippen LogP contribution in [0.5, 0.6) is 0 Å². The lowest BCUT2D eigenvalue weighted by molar-refractivity contribution is 0.102. The Kier molecular flexibility index (Phi) is 4.02. The van der Waals surface area contributed by atoms with Gasteiger partial charge in [-0.2, -0.15) is 0 Å². The molecular weight excluding hydrogens is 247 g/mol. The fourth-order valence-electron chi connectivity index (χ4n) is 1.56. The van der Waals surface area contributed by atoms with Crippen molar-refractivity contribution in [2.45, 2.75) is 6.92 Å². The summed E-state index contributed by atoms with van der Waals surface area (Å²) in [5.41, 5.74) is 0.451. The van der Waals surface area contributed by atoms with Crippen LogP contribution >= 0.6 is 0 Å². The van der Waals surface area contributed by atoms with Gasteiger partial charge >= 0.3 is 0 Å². The van der Waals surface area contributed by atoms with Crippen molar-refractivity contribution in [2.24, 2.45) is 0 Å². The molecule has 1 amide bonds. The molecule has 0 radical (unpaired) electrons. The van der Waals surface area contributed by atoms with Crippen LogP contribution in [0.4, 0.5) is 15.9 Å². The van der Waals surface area contributed by atoms with Gasteiger partial charge in [-0.25, -0.2) is 9.37 Å². The first-order valence-electron chi connectivity index (χ1n) is 5.82. The Morgan fingerprint density at radius 2 is 2.21 bits per heavy atom. The number of nitrogens with zero attached hydrogens (tertiary/aromatic N) is 2. The molecule has 2 rings (SSSR count). The van der Waals surface area contributed by atoms with Crippen LogP contribution < -0.4 is 10.6 Å². The molecule has 0 spiro atoms. The van der Waals surface area contributed by atoms with E-state index in [1.165, 1.54) is 12.3 Å². The molecule has 0 atom stereocenters. The van der Waals surface area contributed by atoms with Crippen LogP contribution in [0.1, 0.15) is 17.3 Å². The molecule has 0 saturated heterocycles. The molecule has 5 nitrogen and oxygen atoms in total. The van der Waals surface area contributed by atoms with Crippen molar-refractivity contribution in [1.82, 2.24) is 9.97 Å². The Hall–Kier alpha value is -2.50. The molecule has 0 saturated carbocycles. The highest BCUT2D eigenvalue weighted by Crippen LogP contribution is 2.16. The number of nitrogens with one attached hydrogen (secondary N) is 2. The topological polar surface area (TPSA) is 66.9 Å². The van der Waals surface area contributed by atoms with E-state index in [4.69, 9.17) is 0 Å². The number of carbonyl (C=O) groups is 1. The molecule has 0 bridgehead atoms. The molecule has 0 fully saturated rings. The number of halogens is 1. The lowest BCUT2D eigenvalue weighted by Gasteiger charge is -2.10. The summed E-state index contributed by atoms with van der Waals surface area (Å²) in [6, 6.07) is 4.68. The van der Waals surface area contributed by atoms with Gasteiger partial charge in [0.1, 0.15) is 5.82 Å². The molecule has 2 aromatic heterocycles. The number of amides is 1. The maximum absolute atomic E-state index is 13.4. The van der Waals surface area contributed by atoms with Gasteiger partial charge in [0.2, 0.25) is 0 Å².